The van der Waals surface area contributed by atoms with Crippen LogP contribution >= 0.6 is 0 Å². The second-order valence-corrected chi connectivity index (χ2v) is 9.39. The van der Waals surface area contributed by atoms with Crippen molar-refractivity contribution in [3.8, 4) is 11.4 Å². The molecule has 6 rings (SSSR count). The molecule has 4 aromatic rings. The largest absolute Gasteiger partial charge is 0.497 e. The first-order chi connectivity index (χ1) is 18.1. The number of urea groups is 1. The molecule has 0 spiro atoms. The van der Waals surface area contributed by atoms with Crippen LogP contribution in [0.5, 0.6) is 5.75 Å². The number of methoxy groups -OCH3 is 1. The number of carbonyl (C=O) groups excluding carboxylic acids is 2. The lowest BCUT2D eigenvalue weighted by atomic mass is 9.97. The zero-order chi connectivity index (χ0) is 25.4. The maximum atomic E-state index is 14.1. The van der Waals surface area contributed by atoms with Crippen molar-refractivity contribution in [3.63, 3.8) is 0 Å². The van der Waals surface area contributed by atoms with Gasteiger partial charge in [-0.25, -0.2) is 4.79 Å². The highest BCUT2D eigenvalue weighted by Gasteiger charge is 2.40. The molecule has 1 unspecified atom stereocenters. The molecule has 2 heterocycles. The number of carbonyl (C=O) groups is 2. The number of rotatable bonds is 6. The Hall–Kier alpha value is -4.52. The van der Waals surface area contributed by atoms with Gasteiger partial charge in [-0.15, -0.1) is 0 Å². The highest BCUT2D eigenvalue weighted by Crippen LogP contribution is 2.42. The number of hydrogen-bond acceptors (Lipinski definition) is 3. The molecule has 3 aromatic carbocycles. The van der Waals surface area contributed by atoms with Gasteiger partial charge in [0.1, 0.15) is 18.3 Å². The summed E-state index contributed by atoms with van der Waals surface area (Å²) in [5.74, 6) is 0.596. The van der Waals surface area contributed by atoms with Crippen molar-refractivity contribution < 1.29 is 14.3 Å². The molecule has 0 saturated heterocycles. The van der Waals surface area contributed by atoms with Gasteiger partial charge in [-0.3, -0.25) is 9.69 Å². The Balaban J connectivity index is 1.32. The lowest BCUT2D eigenvalue weighted by Crippen LogP contribution is -2.48. The van der Waals surface area contributed by atoms with Gasteiger partial charge in [0.05, 0.1) is 24.2 Å². The molecule has 1 atom stereocenters. The van der Waals surface area contributed by atoms with Gasteiger partial charge in [0.2, 0.25) is 5.91 Å². The number of amides is 3. The summed E-state index contributed by atoms with van der Waals surface area (Å²) in [6, 6.07) is 28.7. The third-order valence-electron chi connectivity index (χ3n) is 7.00. The molecule has 7 nitrogen and oxygen atoms in total. The van der Waals surface area contributed by atoms with Gasteiger partial charge in [0.15, 0.2) is 0 Å². The molecule has 7 heteroatoms. The number of ether oxygens (including phenoxy) is 1. The fourth-order valence-electron chi connectivity index (χ4n) is 5.06. The summed E-state index contributed by atoms with van der Waals surface area (Å²) >= 11 is 0. The number of nitrogens with one attached hydrogen (secondary N) is 1. The Bertz CT molecular complexity index is 1430. The molecule has 3 amide bonds. The van der Waals surface area contributed by atoms with Crippen molar-refractivity contribution in [2.75, 3.05) is 23.9 Å². The maximum absolute atomic E-state index is 14.1. The van der Waals surface area contributed by atoms with Crippen molar-refractivity contribution in [2.45, 2.75) is 24.9 Å². The van der Waals surface area contributed by atoms with E-state index in [9.17, 15) is 9.59 Å². The Morgan fingerprint density at radius 3 is 2.30 bits per heavy atom. The molecule has 0 radical (unpaired) electrons. The van der Waals surface area contributed by atoms with E-state index in [1.165, 1.54) is 0 Å². The Morgan fingerprint density at radius 2 is 1.59 bits per heavy atom. The zero-order valence-corrected chi connectivity index (χ0v) is 20.6. The average Bonchev–Trinajstić information content (AvgIpc) is 3.66. The fourth-order valence-corrected chi connectivity index (χ4v) is 5.06. The first kappa shape index (κ1) is 22.9. The van der Waals surface area contributed by atoms with Crippen molar-refractivity contribution in [3.05, 3.63) is 108 Å². The summed E-state index contributed by atoms with van der Waals surface area (Å²) in [5, 5.41) is 2.95. The predicted molar refractivity (Wildman–Crippen MR) is 143 cm³/mol. The van der Waals surface area contributed by atoms with E-state index in [1.807, 2.05) is 71.8 Å². The quantitative estimate of drug-likeness (QED) is 0.380. The number of para-hydroxylation sites is 2. The topological polar surface area (TPSA) is 66.8 Å². The van der Waals surface area contributed by atoms with Crippen molar-refractivity contribution in [1.82, 2.24) is 9.47 Å². The minimum absolute atomic E-state index is 0.00890. The molecule has 1 aliphatic carbocycles. The minimum atomic E-state index is -0.302. The fraction of sp³-hybridized carbons (Fsp3) is 0.200. The van der Waals surface area contributed by atoms with E-state index < -0.39 is 0 Å². The van der Waals surface area contributed by atoms with Crippen LogP contribution in [0, 0.1) is 0 Å². The highest BCUT2D eigenvalue weighted by atomic mass is 16.5. The summed E-state index contributed by atoms with van der Waals surface area (Å²) in [7, 11) is 1.60. The molecule has 1 N–H and O–H groups in total. The molecular formula is C30H28N4O3. The number of nitrogens with zero attached hydrogens (tertiary/aromatic N) is 3. The molecule has 186 valence electrons. The van der Waals surface area contributed by atoms with Crippen LogP contribution in [-0.2, 0) is 4.79 Å². The first-order valence-electron chi connectivity index (χ1n) is 12.5. The van der Waals surface area contributed by atoms with E-state index in [0.717, 1.165) is 35.5 Å². The van der Waals surface area contributed by atoms with E-state index >= 15 is 0 Å². The van der Waals surface area contributed by atoms with Crippen LogP contribution in [0.4, 0.5) is 16.2 Å². The smallest absolute Gasteiger partial charge is 0.322 e. The Morgan fingerprint density at radius 1 is 0.892 bits per heavy atom. The molecule has 0 bridgehead atoms. The van der Waals surface area contributed by atoms with Gasteiger partial charge in [0.25, 0.3) is 0 Å². The van der Waals surface area contributed by atoms with Crippen LogP contribution < -0.4 is 15.0 Å². The Labute approximate surface area is 215 Å². The van der Waals surface area contributed by atoms with Crippen molar-refractivity contribution in [2.24, 2.45) is 0 Å². The lowest BCUT2D eigenvalue weighted by molar-refractivity contribution is -0.119. The number of fused-ring (bicyclic) bond motifs is 3. The Kier molecular flexibility index (Phi) is 5.88. The third kappa shape index (κ3) is 4.33. The van der Waals surface area contributed by atoms with Crippen LogP contribution in [0.3, 0.4) is 0 Å². The molecule has 37 heavy (non-hydrogen) atoms. The van der Waals surface area contributed by atoms with Gasteiger partial charge in [0, 0.05) is 17.9 Å². The number of benzene rings is 3. The van der Waals surface area contributed by atoms with Gasteiger partial charge in [-0.2, -0.15) is 0 Å². The van der Waals surface area contributed by atoms with E-state index in [0.29, 0.717) is 11.4 Å². The van der Waals surface area contributed by atoms with Crippen LogP contribution in [-0.4, -0.2) is 41.1 Å². The van der Waals surface area contributed by atoms with Crippen LogP contribution in [0.2, 0.25) is 0 Å². The summed E-state index contributed by atoms with van der Waals surface area (Å²) in [6.45, 7) is -0.00890. The summed E-state index contributed by atoms with van der Waals surface area (Å²) < 4.78 is 7.35. The lowest BCUT2D eigenvalue weighted by Gasteiger charge is -2.39. The minimum Gasteiger partial charge on any atom is -0.497 e. The number of aromatic nitrogens is 1. The standard InChI is InChI=1S/C30H28N4O3/c1-37-24-17-13-22(14-18-24)31-30(36)33(23-15-16-23)20-28(35)34-26-11-6-5-10-25(26)32-19-7-12-27(32)29(34)21-8-3-2-4-9-21/h2-14,17-19,23,29H,15-16,20H2,1H3,(H,31,36). The van der Waals surface area contributed by atoms with Crippen LogP contribution in [0.1, 0.15) is 30.1 Å². The highest BCUT2D eigenvalue weighted by molar-refractivity contribution is 6.01. The SMILES string of the molecule is COc1ccc(NC(=O)N(CC(=O)N2c3ccccc3-n3cccc3C2c2ccccc2)C2CC2)cc1. The molecule has 1 aliphatic heterocycles. The van der Waals surface area contributed by atoms with E-state index in [4.69, 9.17) is 4.74 Å². The zero-order valence-electron chi connectivity index (χ0n) is 20.6. The molecule has 1 aromatic heterocycles. The van der Waals surface area contributed by atoms with E-state index in [-0.39, 0.29) is 30.6 Å². The number of anilines is 2. The molecular weight excluding hydrogens is 464 g/mol. The van der Waals surface area contributed by atoms with Crippen molar-refractivity contribution in [1.29, 1.82) is 0 Å². The van der Waals surface area contributed by atoms with Crippen LogP contribution in [0.15, 0.2) is 97.2 Å². The molecule has 1 saturated carbocycles. The van der Waals surface area contributed by atoms with Gasteiger partial charge in [-0.05, 0) is 66.9 Å². The van der Waals surface area contributed by atoms with Gasteiger partial charge < -0.3 is 19.5 Å². The summed E-state index contributed by atoms with van der Waals surface area (Å²) in [4.78, 5) is 31.0. The second kappa shape index (κ2) is 9.50. The second-order valence-electron chi connectivity index (χ2n) is 9.39. The van der Waals surface area contributed by atoms with E-state index in [1.54, 1.807) is 36.3 Å². The summed E-state index contributed by atoms with van der Waals surface area (Å²) in [5.41, 5.74) is 4.47. The summed E-state index contributed by atoms with van der Waals surface area (Å²) in [6.07, 6.45) is 3.82. The van der Waals surface area contributed by atoms with Gasteiger partial charge in [-0.1, -0.05) is 42.5 Å². The van der Waals surface area contributed by atoms with Crippen LogP contribution in [0.25, 0.3) is 5.69 Å². The third-order valence-corrected chi connectivity index (χ3v) is 7.00. The molecule has 2 aliphatic rings. The number of hydrogen-bond donors (Lipinski definition) is 1. The van der Waals surface area contributed by atoms with Crippen molar-refractivity contribution >= 4 is 23.3 Å². The monoisotopic (exact) mass is 492 g/mol. The normalized spacial score (nSPS) is 15.9. The van der Waals surface area contributed by atoms with Gasteiger partial charge >= 0.3 is 6.03 Å². The molecule has 1 fully saturated rings. The van der Waals surface area contributed by atoms with E-state index in [2.05, 4.69) is 16.0 Å². The maximum Gasteiger partial charge on any atom is 0.322 e. The predicted octanol–water partition coefficient (Wildman–Crippen LogP) is 5.62. The average molecular weight is 493 g/mol. The first-order valence-corrected chi connectivity index (χ1v) is 12.5.